The van der Waals surface area contributed by atoms with Crippen LogP contribution >= 0.6 is 0 Å². The van der Waals surface area contributed by atoms with Crippen LogP contribution < -0.4 is 5.56 Å². The maximum Gasteiger partial charge on any atom is 0.283 e. The van der Waals surface area contributed by atoms with Crippen molar-refractivity contribution in [1.29, 1.82) is 0 Å². The minimum Gasteiger partial charge on any atom is -0.337 e. The Morgan fingerprint density at radius 3 is 2.58 bits per heavy atom. The maximum absolute atomic E-state index is 13.1. The van der Waals surface area contributed by atoms with Gasteiger partial charge >= 0.3 is 0 Å². The number of nitrogens with zero attached hydrogens (tertiary/aromatic N) is 7. The number of fused-ring (bicyclic) bond motifs is 1. The molecule has 2 aromatic carbocycles. The molecule has 0 N–H and O–H groups in total. The summed E-state index contributed by atoms with van der Waals surface area (Å²) >= 11 is 0. The van der Waals surface area contributed by atoms with Gasteiger partial charge in [-0.15, -0.1) is 5.10 Å². The summed E-state index contributed by atoms with van der Waals surface area (Å²) in [5.41, 5.74) is 3.00. The number of rotatable bonds is 5. The van der Waals surface area contributed by atoms with Gasteiger partial charge in [-0.1, -0.05) is 40.2 Å². The van der Waals surface area contributed by atoms with Gasteiger partial charge in [-0.25, -0.2) is 14.1 Å². The van der Waals surface area contributed by atoms with E-state index in [-0.39, 0.29) is 29.3 Å². The highest BCUT2D eigenvalue weighted by Crippen LogP contribution is 2.16. The minimum atomic E-state index is -0.360. The van der Waals surface area contributed by atoms with E-state index in [9.17, 15) is 9.18 Å². The van der Waals surface area contributed by atoms with Crippen molar-refractivity contribution in [3.63, 3.8) is 0 Å². The average molecular weight is 417 g/mol. The van der Waals surface area contributed by atoms with E-state index < -0.39 is 0 Å². The van der Waals surface area contributed by atoms with Crippen LogP contribution in [0.4, 0.5) is 4.39 Å². The van der Waals surface area contributed by atoms with E-state index in [1.54, 1.807) is 16.8 Å². The van der Waals surface area contributed by atoms with Gasteiger partial charge in [0, 0.05) is 5.56 Å². The molecule has 0 fully saturated rings. The molecule has 0 atom stereocenters. The number of aromatic nitrogens is 7. The van der Waals surface area contributed by atoms with E-state index in [4.69, 9.17) is 4.52 Å². The molecule has 0 amide bonds. The molecule has 0 saturated heterocycles. The lowest BCUT2D eigenvalue weighted by Crippen LogP contribution is -2.21. The predicted molar refractivity (Wildman–Crippen MR) is 109 cm³/mol. The molecular weight excluding hydrogens is 401 g/mol. The Kier molecular flexibility index (Phi) is 4.58. The van der Waals surface area contributed by atoms with Gasteiger partial charge in [0.05, 0.1) is 6.54 Å². The maximum atomic E-state index is 13.1. The first-order valence-electron chi connectivity index (χ1n) is 9.49. The number of benzene rings is 2. The summed E-state index contributed by atoms with van der Waals surface area (Å²) in [6, 6.07) is 13.8. The van der Waals surface area contributed by atoms with Crippen LogP contribution in [0.3, 0.4) is 0 Å². The standard InChI is InChI=1S/C21H16FN7O2/c1-13-2-4-14(5-3-13)10-29-20-18(25-27-29)21(30)28(12-23-20)11-17-24-19(26-31-17)15-6-8-16(22)9-7-15/h2-9,12H,10-11H2,1H3. The van der Waals surface area contributed by atoms with Gasteiger partial charge in [-0.05, 0) is 36.8 Å². The van der Waals surface area contributed by atoms with Crippen molar-refractivity contribution < 1.29 is 8.91 Å². The second-order valence-corrected chi connectivity index (χ2v) is 7.10. The summed E-state index contributed by atoms with van der Waals surface area (Å²) in [7, 11) is 0. The first kappa shape index (κ1) is 18.8. The highest BCUT2D eigenvalue weighted by molar-refractivity contribution is 5.67. The molecule has 0 aliphatic heterocycles. The molecule has 5 aromatic rings. The predicted octanol–water partition coefficient (Wildman–Crippen LogP) is 2.58. The Labute approximate surface area is 174 Å². The van der Waals surface area contributed by atoms with E-state index in [0.29, 0.717) is 23.6 Å². The van der Waals surface area contributed by atoms with E-state index in [0.717, 1.165) is 11.1 Å². The van der Waals surface area contributed by atoms with Crippen LogP contribution in [0.2, 0.25) is 0 Å². The molecule has 3 aromatic heterocycles. The normalized spacial score (nSPS) is 11.3. The van der Waals surface area contributed by atoms with Crippen molar-refractivity contribution in [1.82, 2.24) is 34.7 Å². The van der Waals surface area contributed by atoms with Gasteiger partial charge in [-0.2, -0.15) is 4.98 Å². The van der Waals surface area contributed by atoms with E-state index in [2.05, 4.69) is 25.4 Å². The first-order valence-corrected chi connectivity index (χ1v) is 9.49. The van der Waals surface area contributed by atoms with Gasteiger partial charge in [0.2, 0.25) is 11.7 Å². The van der Waals surface area contributed by atoms with Gasteiger partial charge in [-0.3, -0.25) is 9.36 Å². The molecule has 31 heavy (non-hydrogen) atoms. The fourth-order valence-electron chi connectivity index (χ4n) is 3.15. The van der Waals surface area contributed by atoms with Gasteiger partial charge in [0.25, 0.3) is 5.56 Å². The van der Waals surface area contributed by atoms with Crippen LogP contribution in [0.15, 0.2) is 64.2 Å². The molecule has 5 rings (SSSR count). The van der Waals surface area contributed by atoms with Crippen LogP contribution in [-0.2, 0) is 13.1 Å². The Bertz CT molecular complexity index is 1420. The Hall–Kier alpha value is -4.21. The van der Waals surface area contributed by atoms with Crippen molar-refractivity contribution >= 4 is 11.2 Å². The molecule has 0 saturated carbocycles. The lowest BCUT2D eigenvalue weighted by atomic mass is 10.1. The molecule has 9 nitrogen and oxygen atoms in total. The van der Waals surface area contributed by atoms with Crippen LogP contribution in [0, 0.1) is 12.7 Å². The highest BCUT2D eigenvalue weighted by atomic mass is 19.1. The zero-order valence-corrected chi connectivity index (χ0v) is 16.4. The summed E-state index contributed by atoms with van der Waals surface area (Å²) in [5.74, 6) is 0.171. The molecule has 0 spiro atoms. The summed E-state index contributed by atoms with van der Waals surface area (Å²) < 4.78 is 21.2. The van der Waals surface area contributed by atoms with Crippen molar-refractivity contribution in [3.05, 3.63) is 88.0 Å². The fraction of sp³-hybridized carbons (Fsp3) is 0.143. The van der Waals surface area contributed by atoms with E-state index in [1.165, 1.54) is 23.0 Å². The molecule has 0 aliphatic carbocycles. The monoisotopic (exact) mass is 417 g/mol. The molecule has 154 valence electrons. The Balaban J connectivity index is 1.40. The van der Waals surface area contributed by atoms with E-state index >= 15 is 0 Å². The van der Waals surface area contributed by atoms with Crippen molar-refractivity contribution in [2.75, 3.05) is 0 Å². The zero-order chi connectivity index (χ0) is 21.4. The summed E-state index contributed by atoms with van der Waals surface area (Å²) in [4.78, 5) is 21.5. The van der Waals surface area contributed by atoms with E-state index in [1.807, 2.05) is 31.2 Å². The smallest absolute Gasteiger partial charge is 0.283 e. The lowest BCUT2D eigenvalue weighted by Gasteiger charge is -2.04. The first-order chi connectivity index (χ1) is 15.1. The van der Waals surface area contributed by atoms with Gasteiger partial charge in [0.1, 0.15) is 18.7 Å². The highest BCUT2D eigenvalue weighted by Gasteiger charge is 2.15. The van der Waals surface area contributed by atoms with Crippen LogP contribution in [0.1, 0.15) is 17.0 Å². The third-order valence-electron chi connectivity index (χ3n) is 4.82. The second-order valence-electron chi connectivity index (χ2n) is 7.10. The number of hydrogen-bond donors (Lipinski definition) is 0. The number of halogens is 1. The van der Waals surface area contributed by atoms with Crippen LogP contribution in [0.5, 0.6) is 0 Å². The minimum absolute atomic E-state index is 0.0286. The summed E-state index contributed by atoms with van der Waals surface area (Å²) in [6.07, 6.45) is 1.40. The van der Waals surface area contributed by atoms with Crippen molar-refractivity contribution in [2.45, 2.75) is 20.0 Å². The molecule has 10 heteroatoms. The van der Waals surface area contributed by atoms with Gasteiger partial charge < -0.3 is 4.52 Å². The summed E-state index contributed by atoms with van der Waals surface area (Å²) in [5, 5.41) is 12.0. The number of hydrogen-bond acceptors (Lipinski definition) is 7. The average Bonchev–Trinajstić information content (AvgIpc) is 3.40. The van der Waals surface area contributed by atoms with Crippen LogP contribution in [0.25, 0.3) is 22.6 Å². The number of aryl methyl sites for hydroxylation is 1. The molecule has 3 heterocycles. The van der Waals surface area contributed by atoms with Gasteiger partial charge in [0.15, 0.2) is 11.2 Å². The molecule has 0 radical (unpaired) electrons. The third kappa shape index (κ3) is 3.70. The molecular formula is C21H16FN7O2. The SMILES string of the molecule is Cc1ccc(Cn2nnc3c(=O)n(Cc4nc(-c5ccc(F)cc5)no4)cnc32)cc1. The summed E-state index contributed by atoms with van der Waals surface area (Å²) in [6.45, 7) is 2.50. The molecule has 0 aliphatic rings. The molecule has 0 unspecified atom stereocenters. The van der Waals surface area contributed by atoms with Crippen molar-refractivity contribution in [2.24, 2.45) is 0 Å². The Morgan fingerprint density at radius 1 is 1.03 bits per heavy atom. The third-order valence-corrected chi connectivity index (χ3v) is 4.82. The quantitative estimate of drug-likeness (QED) is 0.433. The fourth-order valence-corrected chi connectivity index (χ4v) is 3.15. The molecule has 0 bridgehead atoms. The van der Waals surface area contributed by atoms with Crippen LogP contribution in [-0.4, -0.2) is 34.7 Å². The zero-order valence-electron chi connectivity index (χ0n) is 16.4. The lowest BCUT2D eigenvalue weighted by molar-refractivity contribution is 0.369. The Morgan fingerprint density at radius 2 is 1.81 bits per heavy atom. The van der Waals surface area contributed by atoms with Crippen molar-refractivity contribution in [3.8, 4) is 11.4 Å². The second kappa shape index (κ2) is 7.56. The largest absolute Gasteiger partial charge is 0.337 e. The topological polar surface area (TPSA) is 105 Å².